The van der Waals surface area contributed by atoms with E-state index in [1.54, 1.807) is 11.3 Å². The minimum Gasteiger partial charge on any atom is -0.267 e. The quantitative estimate of drug-likeness (QED) is 0.492. The molecule has 26 heavy (non-hydrogen) atoms. The Bertz CT molecular complexity index is 1320. The Hall–Kier alpha value is -3.31. The fourth-order valence-electron chi connectivity index (χ4n) is 3.11. The number of thiophene rings is 1. The second-order valence-corrected chi connectivity index (χ2v) is 7.08. The van der Waals surface area contributed by atoms with Crippen molar-refractivity contribution in [2.24, 2.45) is 0 Å². The number of pyridine rings is 1. The van der Waals surface area contributed by atoms with Crippen LogP contribution in [-0.2, 0) is 0 Å². The van der Waals surface area contributed by atoms with Gasteiger partial charge in [-0.2, -0.15) is 5.10 Å². The lowest BCUT2D eigenvalue weighted by atomic mass is 10.1. The highest BCUT2D eigenvalue weighted by molar-refractivity contribution is 7.18. The molecule has 0 aliphatic heterocycles. The number of aromatic nitrogens is 3. The standard InChI is InChI=1S/C21H13N3OS/c25-21-15-7-3-2-6-14(15)20(23-24-21)19-12-11-18(26-19)17-10-9-13-5-1-4-8-16(13)22-17/h1-12H,(H,24,25). The molecule has 0 radical (unpaired) electrons. The first-order chi connectivity index (χ1) is 12.8. The maximum atomic E-state index is 12.0. The van der Waals surface area contributed by atoms with Crippen LogP contribution < -0.4 is 5.56 Å². The van der Waals surface area contributed by atoms with Crippen LogP contribution in [-0.4, -0.2) is 15.2 Å². The molecule has 5 aromatic rings. The number of hydrogen-bond donors (Lipinski definition) is 1. The van der Waals surface area contributed by atoms with Gasteiger partial charge in [-0.15, -0.1) is 11.3 Å². The molecule has 0 bridgehead atoms. The summed E-state index contributed by atoms with van der Waals surface area (Å²) in [6.07, 6.45) is 0. The largest absolute Gasteiger partial charge is 0.272 e. The molecule has 0 atom stereocenters. The number of para-hydroxylation sites is 1. The first-order valence-corrected chi connectivity index (χ1v) is 9.05. The van der Waals surface area contributed by atoms with Gasteiger partial charge in [-0.3, -0.25) is 4.79 Å². The van der Waals surface area contributed by atoms with Crippen LogP contribution in [0.1, 0.15) is 0 Å². The van der Waals surface area contributed by atoms with Gasteiger partial charge in [-0.1, -0.05) is 42.5 Å². The molecule has 3 heterocycles. The third-order valence-corrected chi connectivity index (χ3v) is 5.50. The van der Waals surface area contributed by atoms with Gasteiger partial charge in [-0.25, -0.2) is 10.1 Å². The van der Waals surface area contributed by atoms with E-state index in [0.29, 0.717) is 5.39 Å². The molecule has 0 amide bonds. The van der Waals surface area contributed by atoms with E-state index in [1.165, 1.54) is 0 Å². The monoisotopic (exact) mass is 355 g/mol. The van der Waals surface area contributed by atoms with Crippen molar-refractivity contribution in [1.29, 1.82) is 0 Å². The Balaban J connectivity index is 1.64. The average Bonchev–Trinajstić information content (AvgIpc) is 3.18. The van der Waals surface area contributed by atoms with Gasteiger partial charge in [0.05, 0.1) is 26.4 Å². The maximum Gasteiger partial charge on any atom is 0.272 e. The number of benzene rings is 2. The lowest BCUT2D eigenvalue weighted by Gasteiger charge is -2.02. The Labute approximate surface area is 152 Å². The number of fused-ring (bicyclic) bond motifs is 2. The van der Waals surface area contributed by atoms with Gasteiger partial charge in [0.25, 0.3) is 5.56 Å². The lowest BCUT2D eigenvalue weighted by Crippen LogP contribution is -2.08. The zero-order valence-corrected chi connectivity index (χ0v) is 14.5. The lowest BCUT2D eigenvalue weighted by molar-refractivity contribution is 1.02. The van der Waals surface area contributed by atoms with E-state index in [0.717, 1.165) is 37.4 Å². The molecule has 1 N–H and O–H groups in total. The van der Waals surface area contributed by atoms with Gasteiger partial charge >= 0.3 is 0 Å². The van der Waals surface area contributed by atoms with Gasteiger partial charge in [0.1, 0.15) is 5.69 Å². The zero-order valence-electron chi connectivity index (χ0n) is 13.6. The minimum absolute atomic E-state index is 0.169. The molecule has 4 nitrogen and oxygen atoms in total. The summed E-state index contributed by atoms with van der Waals surface area (Å²) in [5.41, 5.74) is 2.54. The zero-order chi connectivity index (χ0) is 17.5. The van der Waals surface area contributed by atoms with Crippen molar-refractivity contribution in [1.82, 2.24) is 15.2 Å². The van der Waals surface area contributed by atoms with Gasteiger partial charge in [-0.05, 0) is 30.3 Å². The molecule has 0 aliphatic rings. The van der Waals surface area contributed by atoms with E-state index < -0.39 is 0 Å². The Morgan fingerprint density at radius 1 is 0.769 bits per heavy atom. The summed E-state index contributed by atoms with van der Waals surface area (Å²) in [6, 6.07) is 23.8. The molecule has 5 rings (SSSR count). The highest BCUT2D eigenvalue weighted by Gasteiger charge is 2.12. The van der Waals surface area contributed by atoms with Crippen LogP contribution in [0.2, 0.25) is 0 Å². The van der Waals surface area contributed by atoms with Crippen molar-refractivity contribution in [3.63, 3.8) is 0 Å². The van der Waals surface area contributed by atoms with Crippen molar-refractivity contribution < 1.29 is 0 Å². The molecule has 0 fully saturated rings. The highest BCUT2D eigenvalue weighted by atomic mass is 32.1. The topological polar surface area (TPSA) is 58.6 Å². The molecule has 0 saturated carbocycles. The predicted octanol–water partition coefficient (Wildman–Crippen LogP) is 4.87. The van der Waals surface area contributed by atoms with E-state index in [4.69, 9.17) is 4.98 Å². The molecular weight excluding hydrogens is 342 g/mol. The SMILES string of the molecule is O=c1[nH]nc(-c2ccc(-c3ccc4ccccc4n3)s2)c2ccccc12. The van der Waals surface area contributed by atoms with Gasteiger partial charge in [0.2, 0.25) is 0 Å². The average molecular weight is 355 g/mol. The number of nitrogens with one attached hydrogen (secondary N) is 1. The van der Waals surface area contributed by atoms with Crippen LogP contribution >= 0.6 is 11.3 Å². The van der Waals surface area contributed by atoms with Crippen LogP contribution in [0.5, 0.6) is 0 Å². The van der Waals surface area contributed by atoms with Crippen molar-refractivity contribution in [3.8, 4) is 21.1 Å². The Morgan fingerprint density at radius 3 is 2.46 bits per heavy atom. The van der Waals surface area contributed by atoms with Crippen LogP contribution in [0.25, 0.3) is 42.8 Å². The van der Waals surface area contributed by atoms with Crippen molar-refractivity contribution >= 4 is 33.0 Å². The number of nitrogens with zero attached hydrogens (tertiary/aromatic N) is 2. The van der Waals surface area contributed by atoms with Crippen LogP contribution in [0.3, 0.4) is 0 Å². The molecule has 5 heteroatoms. The fraction of sp³-hybridized carbons (Fsp3) is 0. The van der Waals surface area contributed by atoms with E-state index in [1.807, 2.05) is 54.6 Å². The van der Waals surface area contributed by atoms with Gasteiger partial charge in [0, 0.05) is 10.8 Å². The summed E-state index contributed by atoms with van der Waals surface area (Å²) in [4.78, 5) is 18.8. The third-order valence-electron chi connectivity index (χ3n) is 4.39. The molecule has 3 aromatic heterocycles. The fourth-order valence-corrected chi connectivity index (χ4v) is 4.09. The number of H-pyrrole nitrogens is 1. The second kappa shape index (κ2) is 5.89. The Morgan fingerprint density at radius 2 is 1.54 bits per heavy atom. The van der Waals surface area contributed by atoms with Crippen LogP contribution in [0.4, 0.5) is 0 Å². The molecule has 0 saturated heterocycles. The van der Waals surface area contributed by atoms with Crippen molar-refractivity contribution in [2.75, 3.05) is 0 Å². The maximum absolute atomic E-state index is 12.0. The third kappa shape index (κ3) is 2.41. The van der Waals surface area contributed by atoms with Crippen LogP contribution in [0.15, 0.2) is 77.6 Å². The predicted molar refractivity (Wildman–Crippen MR) is 106 cm³/mol. The van der Waals surface area contributed by atoms with Gasteiger partial charge in [0.15, 0.2) is 0 Å². The first-order valence-electron chi connectivity index (χ1n) is 8.23. The van der Waals surface area contributed by atoms with E-state index >= 15 is 0 Å². The second-order valence-electron chi connectivity index (χ2n) is 6.00. The smallest absolute Gasteiger partial charge is 0.267 e. The summed E-state index contributed by atoms with van der Waals surface area (Å²) >= 11 is 1.62. The summed E-state index contributed by atoms with van der Waals surface area (Å²) in [6.45, 7) is 0. The summed E-state index contributed by atoms with van der Waals surface area (Å²) in [7, 11) is 0. The van der Waals surface area contributed by atoms with Crippen LogP contribution in [0, 0.1) is 0 Å². The van der Waals surface area contributed by atoms with Crippen molar-refractivity contribution in [3.05, 3.63) is 83.2 Å². The molecule has 124 valence electrons. The van der Waals surface area contributed by atoms with Crippen molar-refractivity contribution in [2.45, 2.75) is 0 Å². The number of rotatable bonds is 2. The van der Waals surface area contributed by atoms with Gasteiger partial charge < -0.3 is 0 Å². The summed E-state index contributed by atoms with van der Waals surface area (Å²) in [5.74, 6) is 0. The molecule has 0 unspecified atom stereocenters. The normalized spacial score (nSPS) is 11.2. The molecule has 0 spiro atoms. The molecule has 0 aliphatic carbocycles. The van der Waals surface area contributed by atoms with E-state index in [2.05, 4.69) is 28.4 Å². The van der Waals surface area contributed by atoms with E-state index in [9.17, 15) is 4.79 Å². The number of aromatic amines is 1. The van der Waals surface area contributed by atoms with E-state index in [-0.39, 0.29) is 5.56 Å². The first kappa shape index (κ1) is 15.0. The molecular formula is C21H13N3OS. The highest BCUT2D eigenvalue weighted by Crippen LogP contribution is 2.35. The molecule has 2 aromatic carbocycles. The summed E-state index contributed by atoms with van der Waals surface area (Å²) in [5, 5.41) is 9.52. The summed E-state index contributed by atoms with van der Waals surface area (Å²) < 4.78 is 0. The Kier molecular flexibility index (Phi) is 3.40. The minimum atomic E-state index is -0.169. The number of hydrogen-bond acceptors (Lipinski definition) is 4.